The summed E-state index contributed by atoms with van der Waals surface area (Å²) in [5.41, 5.74) is 2.36. The van der Waals surface area contributed by atoms with Gasteiger partial charge in [-0.05, 0) is 68.7 Å². The van der Waals surface area contributed by atoms with E-state index in [1.165, 1.54) is 6.07 Å². The second-order valence-electron chi connectivity index (χ2n) is 9.06. The van der Waals surface area contributed by atoms with E-state index in [4.69, 9.17) is 4.42 Å². The van der Waals surface area contributed by atoms with Gasteiger partial charge in [0.25, 0.3) is 0 Å². The third kappa shape index (κ3) is 5.20. The number of fused-ring (bicyclic) bond motifs is 1. The standard InChI is InChI=1S/C25H25F3N6O2/c1-13-12-29-23(34-22(13)31-18-6-7-21-20(11-18)33-24(35)36-21)32-19-9-15(8-16(10-19)25(26,27)28)14(2)30-17-4-3-5-17/h6-12,14,17,30H,3-5H2,1-2H3,(H,33,35)(H2,29,31,32,34). The number of hydrogen-bond donors (Lipinski definition) is 4. The molecule has 2 aromatic heterocycles. The fourth-order valence-electron chi connectivity index (χ4n) is 4.09. The molecule has 0 aliphatic heterocycles. The minimum absolute atomic E-state index is 0.144. The largest absolute Gasteiger partial charge is 0.417 e. The predicted octanol–water partition coefficient (Wildman–Crippen LogP) is 5.93. The van der Waals surface area contributed by atoms with Crippen molar-refractivity contribution in [1.29, 1.82) is 0 Å². The van der Waals surface area contributed by atoms with Gasteiger partial charge in [0.05, 0.1) is 11.1 Å². The number of nitrogens with one attached hydrogen (secondary N) is 4. The zero-order valence-electron chi connectivity index (χ0n) is 19.7. The molecule has 2 aromatic carbocycles. The third-order valence-corrected chi connectivity index (χ3v) is 6.28. The van der Waals surface area contributed by atoms with E-state index in [2.05, 4.69) is 30.9 Å². The zero-order chi connectivity index (χ0) is 25.4. The Hall–Kier alpha value is -3.86. The quantitative estimate of drug-likeness (QED) is 0.250. The lowest BCUT2D eigenvalue weighted by atomic mass is 9.91. The van der Waals surface area contributed by atoms with Crippen LogP contribution in [0, 0.1) is 6.92 Å². The highest BCUT2D eigenvalue weighted by atomic mass is 19.4. The Labute approximate surface area is 204 Å². The molecule has 1 aliphatic carbocycles. The molecule has 188 valence electrons. The van der Waals surface area contributed by atoms with Gasteiger partial charge in [-0.3, -0.25) is 4.98 Å². The maximum absolute atomic E-state index is 13.6. The number of aromatic amines is 1. The maximum Gasteiger partial charge on any atom is 0.417 e. The predicted molar refractivity (Wildman–Crippen MR) is 131 cm³/mol. The number of benzene rings is 2. The first kappa shape index (κ1) is 23.9. The average Bonchev–Trinajstić information content (AvgIpc) is 3.17. The molecule has 1 unspecified atom stereocenters. The van der Waals surface area contributed by atoms with Crippen molar-refractivity contribution in [1.82, 2.24) is 20.3 Å². The first-order chi connectivity index (χ1) is 17.1. The summed E-state index contributed by atoms with van der Waals surface area (Å²) in [6.45, 7) is 3.67. The summed E-state index contributed by atoms with van der Waals surface area (Å²) in [4.78, 5) is 22.7. The van der Waals surface area contributed by atoms with E-state index < -0.39 is 17.5 Å². The van der Waals surface area contributed by atoms with Crippen molar-refractivity contribution >= 4 is 34.2 Å². The molecular weight excluding hydrogens is 473 g/mol. The van der Waals surface area contributed by atoms with Gasteiger partial charge in [0.15, 0.2) is 5.58 Å². The Kier molecular flexibility index (Phi) is 6.17. The molecule has 1 fully saturated rings. The van der Waals surface area contributed by atoms with Crippen LogP contribution in [0.5, 0.6) is 0 Å². The second-order valence-corrected chi connectivity index (χ2v) is 9.06. The third-order valence-electron chi connectivity index (χ3n) is 6.28. The van der Waals surface area contributed by atoms with Crippen molar-refractivity contribution in [3.8, 4) is 0 Å². The number of aromatic nitrogens is 3. The number of nitrogens with zero attached hydrogens (tertiary/aromatic N) is 2. The van der Waals surface area contributed by atoms with E-state index in [0.717, 1.165) is 30.9 Å². The highest BCUT2D eigenvalue weighted by molar-refractivity contribution is 5.78. The van der Waals surface area contributed by atoms with E-state index >= 15 is 0 Å². The summed E-state index contributed by atoms with van der Waals surface area (Å²) in [7, 11) is 0. The van der Waals surface area contributed by atoms with Crippen LogP contribution in [0.2, 0.25) is 0 Å². The molecule has 1 aliphatic rings. The Bertz CT molecular complexity index is 1460. The van der Waals surface area contributed by atoms with Crippen LogP contribution in [0.3, 0.4) is 0 Å². The van der Waals surface area contributed by atoms with Gasteiger partial charge in [-0.2, -0.15) is 18.2 Å². The van der Waals surface area contributed by atoms with E-state index in [0.29, 0.717) is 34.2 Å². The van der Waals surface area contributed by atoms with Crippen LogP contribution in [0.15, 0.2) is 51.8 Å². The lowest BCUT2D eigenvalue weighted by molar-refractivity contribution is -0.137. The second kappa shape index (κ2) is 9.30. The molecule has 0 saturated heterocycles. The highest BCUT2D eigenvalue weighted by Gasteiger charge is 2.32. The number of anilines is 4. The van der Waals surface area contributed by atoms with Gasteiger partial charge in [-0.15, -0.1) is 0 Å². The molecule has 1 atom stereocenters. The summed E-state index contributed by atoms with van der Waals surface area (Å²) < 4.78 is 45.9. The summed E-state index contributed by atoms with van der Waals surface area (Å²) in [6, 6.07) is 9.09. The number of rotatable bonds is 7. The molecule has 0 radical (unpaired) electrons. The molecule has 0 spiro atoms. The number of oxazole rings is 1. The lowest BCUT2D eigenvalue weighted by Gasteiger charge is -2.30. The summed E-state index contributed by atoms with van der Waals surface area (Å²) >= 11 is 0. The van der Waals surface area contributed by atoms with Gasteiger partial charge < -0.3 is 20.4 Å². The molecule has 2 heterocycles. The number of H-pyrrole nitrogens is 1. The summed E-state index contributed by atoms with van der Waals surface area (Å²) in [5.74, 6) is 0.0557. The zero-order valence-corrected chi connectivity index (χ0v) is 19.7. The number of alkyl halides is 3. The highest BCUT2D eigenvalue weighted by Crippen LogP contribution is 2.35. The molecule has 5 rings (SSSR count). The van der Waals surface area contributed by atoms with E-state index in [-0.39, 0.29) is 17.7 Å². The first-order valence-electron chi connectivity index (χ1n) is 11.6. The van der Waals surface area contributed by atoms with Gasteiger partial charge in [0, 0.05) is 35.2 Å². The van der Waals surface area contributed by atoms with Gasteiger partial charge >= 0.3 is 11.9 Å². The van der Waals surface area contributed by atoms with Crippen molar-refractivity contribution in [2.24, 2.45) is 0 Å². The fraction of sp³-hybridized carbons (Fsp3) is 0.320. The molecule has 4 aromatic rings. The Balaban J connectivity index is 1.41. The van der Waals surface area contributed by atoms with Crippen LogP contribution >= 0.6 is 0 Å². The van der Waals surface area contributed by atoms with Crippen molar-refractivity contribution < 1.29 is 17.6 Å². The fourth-order valence-corrected chi connectivity index (χ4v) is 4.09. The Morgan fingerprint density at radius 3 is 2.64 bits per heavy atom. The number of hydrogen-bond acceptors (Lipinski definition) is 7. The molecule has 36 heavy (non-hydrogen) atoms. The van der Waals surface area contributed by atoms with Crippen LogP contribution < -0.4 is 21.7 Å². The number of aryl methyl sites for hydroxylation is 1. The van der Waals surface area contributed by atoms with Gasteiger partial charge in [-0.25, -0.2) is 9.78 Å². The molecule has 11 heteroatoms. The van der Waals surface area contributed by atoms with E-state index in [1.54, 1.807) is 37.4 Å². The van der Waals surface area contributed by atoms with Crippen molar-refractivity contribution in [2.45, 2.75) is 51.4 Å². The minimum Gasteiger partial charge on any atom is -0.408 e. The van der Waals surface area contributed by atoms with Gasteiger partial charge in [0.1, 0.15) is 5.82 Å². The van der Waals surface area contributed by atoms with Crippen molar-refractivity contribution in [3.63, 3.8) is 0 Å². The molecule has 0 amide bonds. The normalized spacial score (nSPS) is 15.0. The lowest BCUT2D eigenvalue weighted by Crippen LogP contribution is -2.36. The Morgan fingerprint density at radius 1 is 1.11 bits per heavy atom. The average molecular weight is 499 g/mol. The molecule has 4 N–H and O–H groups in total. The van der Waals surface area contributed by atoms with Crippen molar-refractivity contribution in [3.05, 3.63) is 69.8 Å². The topological polar surface area (TPSA) is 108 Å². The van der Waals surface area contributed by atoms with Crippen LogP contribution in [-0.2, 0) is 6.18 Å². The smallest absolute Gasteiger partial charge is 0.408 e. The van der Waals surface area contributed by atoms with Crippen LogP contribution in [0.25, 0.3) is 11.1 Å². The monoisotopic (exact) mass is 498 g/mol. The first-order valence-corrected chi connectivity index (χ1v) is 11.6. The minimum atomic E-state index is -4.49. The van der Waals surface area contributed by atoms with E-state index in [9.17, 15) is 18.0 Å². The van der Waals surface area contributed by atoms with Crippen molar-refractivity contribution in [2.75, 3.05) is 10.6 Å². The molecule has 0 bridgehead atoms. The number of halogens is 3. The van der Waals surface area contributed by atoms with E-state index in [1.807, 2.05) is 6.92 Å². The van der Waals surface area contributed by atoms with Gasteiger partial charge in [0.2, 0.25) is 5.95 Å². The molecule has 8 nitrogen and oxygen atoms in total. The SMILES string of the molecule is Cc1cnc(Nc2cc(C(C)NC3CCC3)cc(C(F)(F)F)c2)nc1Nc1ccc2oc(=O)[nH]c2c1. The van der Waals surface area contributed by atoms with Crippen LogP contribution in [0.1, 0.15) is 48.9 Å². The van der Waals surface area contributed by atoms with Crippen LogP contribution in [0.4, 0.5) is 36.3 Å². The van der Waals surface area contributed by atoms with Crippen LogP contribution in [-0.4, -0.2) is 21.0 Å². The molecule has 1 saturated carbocycles. The Morgan fingerprint density at radius 2 is 1.92 bits per heavy atom. The maximum atomic E-state index is 13.6. The molecular formula is C25H25F3N6O2. The summed E-state index contributed by atoms with van der Waals surface area (Å²) in [6.07, 6.45) is 0.284. The summed E-state index contributed by atoms with van der Waals surface area (Å²) in [5, 5.41) is 9.48. The van der Waals surface area contributed by atoms with Gasteiger partial charge in [-0.1, -0.05) is 6.42 Å².